The number of rotatable bonds is 5. The van der Waals surface area contributed by atoms with Crippen LogP contribution in [0.25, 0.3) is 0 Å². The third-order valence-corrected chi connectivity index (χ3v) is 3.07. The highest BCUT2D eigenvalue weighted by atomic mass is 16.3. The van der Waals surface area contributed by atoms with Crippen molar-refractivity contribution in [2.45, 2.75) is 13.8 Å². The average molecular weight is 280 g/mol. The number of hydrogen-bond acceptors (Lipinski definition) is 4. The Labute approximate surface area is 118 Å². The zero-order valence-electron chi connectivity index (χ0n) is 12.0. The van der Waals surface area contributed by atoms with Crippen molar-refractivity contribution in [3.05, 3.63) is 23.8 Å². The van der Waals surface area contributed by atoms with E-state index in [1.54, 1.807) is 4.90 Å². The molecule has 0 atom stereocenters. The zero-order valence-corrected chi connectivity index (χ0v) is 12.0. The number of benzene rings is 1. The molecule has 6 heteroatoms. The minimum atomic E-state index is -0.596. The minimum Gasteiger partial charge on any atom is -0.507 e. The number of amides is 2. The molecule has 1 rings (SSSR count). The molecular formula is C14H20N2O4. The Kier molecular flexibility index (Phi) is 5.37. The summed E-state index contributed by atoms with van der Waals surface area (Å²) < 4.78 is 0. The van der Waals surface area contributed by atoms with Crippen LogP contribution in [0.4, 0.5) is 0 Å². The second kappa shape index (κ2) is 6.79. The van der Waals surface area contributed by atoms with E-state index in [4.69, 9.17) is 0 Å². The quantitative estimate of drug-likeness (QED) is 0.844. The van der Waals surface area contributed by atoms with E-state index in [2.05, 4.69) is 0 Å². The van der Waals surface area contributed by atoms with Gasteiger partial charge in [0.2, 0.25) is 5.91 Å². The number of phenols is 2. The van der Waals surface area contributed by atoms with Gasteiger partial charge in [-0.15, -0.1) is 0 Å². The Hall–Kier alpha value is -2.24. The van der Waals surface area contributed by atoms with Crippen molar-refractivity contribution in [2.75, 3.05) is 26.7 Å². The number of aromatic hydroxyl groups is 2. The van der Waals surface area contributed by atoms with Crippen molar-refractivity contribution in [3.63, 3.8) is 0 Å². The van der Waals surface area contributed by atoms with Crippen LogP contribution in [0.3, 0.4) is 0 Å². The van der Waals surface area contributed by atoms with Gasteiger partial charge in [0.1, 0.15) is 17.1 Å². The second-order valence-corrected chi connectivity index (χ2v) is 4.40. The van der Waals surface area contributed by atoms with Crippen molar-refractivity contribution in [3.8, 4) is 11.5 Å². The van der Waals surface area contributed by atoms with Crippen molar-refractivity contribution in [2.24, 2.45) is 0 Å². The van der Waals surface area contributed by atoms with E-state index in [1.165, 1.54) is 30.1 Å². The van der Waals surface area contributed by atoms with E-state index < -0.39 is 5.91 Å². The molecule has 20 heavy (non-hydrogen) atoms. The fourth-order valence-electron chi connectivity index (χ4n) is 1.89. The van der Waals surface area contributed by atoms with E-state index >= 15 is 0 Å². The highest BCUT2D eigenvalue weighted by molar-refractivity contribution is 6.00. The average Bonchev–Trinajstić information content (AvgIpc) is 2.39. The molecule has 0 aliphatic rings. The first-order valence-electron chi connectivity index (χ1n) is 6.46. The van der Waals surface area contributed by atoms with Crippen LogP contribution in [0, 0.1) is 0 Å². The lowest BCUT2D eigenvalue weighted by atomic mass is 10.1. The topological polar surface area (TPSA) is 81.1 Å². The SMILES string of the molecule is CCN(CC)C(=O)CN(C)C(=O)c1c(O)cccc1O. The van der Waals surface area contributed by atoms with Gasteiger partial charge in [-0.3, -0.25) is 9.59 Å². The van der Waals surface area contributed by atoms with Crippen molar-refractivity contribution < 1.29 is 19.8 Å². The standard InChI is InChI=1S/C14H20N2O4/c1-4-16(5-2)12(19)9-15(3)14(20)13-10(17)7-6-8-11(13)18/h6-8,17-18H,4-5,9H2,1-3H3. The molecule has 2 amide bonds. The fourth-order valence-corrected chi connectivity index (χ4v) is 1.89. The number of nitrogens with zero attached hydrogens (tertiary/aromatic N) is 2. The molecule has 0 saturated carbocycles. The highest BCUT2D eigenvalue weighted by Gasteiger charge is 2.22. The maximum absolute atomic E-state index is 12.2. The minimum absolute atomic E-state index is 0.103. The molecule has 2 N–H and O–H groups in total. The summed E-state index contributed by atoms with van der Waals surface area (Å²) in [6, 6.07) is 4.06. The molecule has 0 radical (unpaired) electrons. The van der Waals surface area contributed by atoms with Crippen LogP contribution in [0.1, 0.15) is 24.2 Å². The summed E-state index contributed by atoms with van der Waals surface area (Å²) in [6.07, 6.45) is 0. The van der Waals surface area contributed by atoms with E-state index in [0.29, 0.717) is 13.1 Å². The Balaban J connectivity index is 2.85. The molecule has 1 aromatic rings. The smallest absolute Gasteiger partial charge is 0.261 e. The van der Waals surface area contributed by atoms with Crippen LogP contribution >= 0.6 is 0 Å². The van der Waals surface area contributed by atoms with Gasteiger partial charge in [-0.05, 0) is 26.0 Å². The fraction of sp³-hybridized carbons (Fsp3) is 0.429. The number of hydrogen-bond donors (Lipinski definition) is 2. The molecule has 110 valence electrons. The zero-order chi connectivity index (χ0) is 15.3. The van der Waals surface area contributed by atoms with Crippen LogP contribution in [0.5, 0.6) is 11.5 Å². The molecule has 0 aromatic heterocycles. The number of phenolic OH excluding ortho intramolecular Hbond substituents is 2. The predicted octanol–water partition coefficient (Wildman–Crippen LogP) is 1.04. The first-order chi connectivity index (χ1) is 9.42. The largest absolute Gasteiger partial charge is 0.507 e. The van der Waals surface area contributed by atoms with Crippen LogP contribution in [0.2, 0.25) is 0 Å². The molecule has 0 spiro atoms. The third kappa shape index (κ3) is 3.40. The van der Waals surface area contributed by atoms with Gasteiger partial charge in [0.15, 0.2) is 0 Å². The van der Waals surface area contributed by atoms with Gasteiger partial charge in [0, 0.05) is 20.1 Å². The maximum atomic E-state index is 12.2. The van der Waals surface area contributed by atoms with Crippen LogP contribution < -0.4 is 0 Å². The molecule has 0 fully saturated rings. The lowest BCUT2D eigenvalue weighted by molar-refractivity contribution is -0.131. The first-order valence-corrected chi connectivity index (χ1v) is 6.46. The Morgan fingerprint density at radius 3 is 2.05 bits per heavy atom. The molecule has 0 bridgehead atoms. The van der Waals surface area contributed by atoms with Gasteiger partial charge < -0.3 is 20.0 Å². The first kappa shape index (κ1) is 15.8. The Morgan fingerprint density at radius 2 is 1.60 bits per heavy atom. The van der Waals surface area contributed by atoms with Crippen LogP contribution in [-0.2, 0) is 4.79 Å². The molecule has 0 saturated heterocycles. The van der Waals surface area contributed by atoms with Gasteiger partial charge in [-0.2, -0.15) is 0 Å². The van der Waals surface area contributed by atoms with E-state index in [1.807, 2.05) is 13.8 Å². The summed E-state index contributed by atoms with van der Waals surface area (Å²) in [4.78, 5) is 26.9. The molecule has 1 aromatic carbocycles. The van der Waals surface area contributed by atoms with Crippen LogP contribution in [0.15, 0.2) is 18.2 Å². The Morgan fingerprint density at radius 1 is 1.10 bits per heavy atom. The summed E-state index contributed by atoms with van der Waals surface area (Å²) in [5.41, 5.74) is -0.192. The predicted molar refractivity (Wildman–Crippen MR) is 74.7 cm³/mol. The van der Waals surface area contributed by atoms with E-state index in [9.17, 15) is 19.8 Å². The lowest BCUT2D eigenvalue weighted by Crippen LogP contribution is -2.41. The maximum Gasteiger partial charge on any atom is 0.261 e. The molecular weight excluding hydrogens is 260 g/mol. The van der Waals surface area contributed by atoms with Crippen molar-refractivity contribution in [1.29, 1.82) is 0 Å². The van der Waals surface area contributed by atoms with Gasteiger partial charge in [-0.25, -0.2) is 0 Å². The summed E-state index contributed by atoms with van der Waals surface area (Å²) in [7, 11) is 1.45. The Bertz CT molecular complexity index is 478. The molecule has 0 aliphatic carbocycles. The number of carbonyl (C=O) groups is 2. The molecule has 0 heterocycles. The summed E-state index contributed by atoms with van der Waals surface area (Å²) >= 11 is 0. The van der Waals surface area contributed by atoms with Crippen molar-refractivity contribution >= 4 is 11.8 Å². The lowest BCUT2D eigenvalue weighted by Gasteiger charge is -2.23. The molecule has 6 nitrogen and oxygen atoms in total. The molecule has 0 unspecified atom stereocenters. The summed E-state index contributed by atoms with van der Waals surface area (Å²) in [5, 5.41) is 19.3. The monoisotopic (exact) mass is 280 g/mol. The third-order valence-electron chi connectivity index (χ3n) is 3.07. The van der Waals surface area contributed by atoms with Crippen LogP contribution in [-0.4, -0.2) is 58.5 Å². The van der Waals surface area contributed by atoms with Gasteiger partial charge in [0.05, 0.1) is 6.54 Å². The van der Waals surface area contributed by atoms with Crippen molar-refractivity contribution in [1.82, 2.24) is 9.80 Å². The van der Waals surface area contributed by atoms with Gasteiger partial charge in [-0.1, -0.05) is 6.07 Å². The highest BCUT2D eigenvalue weighted by Crippen LogP contribution is 2.27. The second-order valence-electron chi connectivity index (χ2n) is 4.40. The molecule has 0 aliphatic heterocycles. The van der Waals surface area contributed by atoms with Gasteiger partial charge >= 0.3 is 0 Å². The van der Waals surface area contributed by atoms with E-state index in [-0.39, 0.29) is 29.5 Å². The number of likely N-dealkylation sites (N-methyl/N-ethyl adjacent to an activating group) is 2. The van der Waals surface area contributed by atoms with Gasteiger partial charge in [0.25, 0.3) is 5.91 Å². The summed E-state index contributed by atoms with van der Waals surface area (Å²) in [6.45, 7) is 4.75. The summed E-state index contributed by atoms with van der Waals surface area (Å²) in [5.74, 6) is -1.39. The normalized spacial score (nSPS) is 10.2. The van der Waals surface area contributed by atoms with E-state index in [0.717, 1.165) is 0 Å². The number of carbonyl (C=O) groups excluding carboxylic acids is 2.